The predicted molar refractivity (Wildman–Crippen MR) is 260 cm³/mol. The molecule has 3 N–H and O–H groups in total. The van der Waals surface area contributed by atoms with Gasteiger partial charge < -0.3 is 53.1 Å². The van der Waals surface area contributed by atoms with Crippen molar-refractivity contribution < 1.29 is 60.3 Å². The Morgan fingerprint density at radius 2 is 1.71 bits per heavy atom. The second-order valence-electron chi connectivity index (χ2n) is 18.3. The lowest BCUT2D eigenvalue weighted by molar-refractivity contribution is -0.181. The fourth-order valence-electron chi connectivity index (χ4n) is 8.68. The van der Waals surface area contributed by atoms with Crippen LogP contribution in [-0.4, -0.2) is 109 Å². The third-order valence-corrected chi connectivity index (χ3v) is 14.5. The van der Waals surface area contributed by atoms with E-state index in [1.54, 1.807) is 31.2 Å². The molecule has 5 aromatic rings. The van der Waals surface area contributed by atoms with Gasteiger partial charge in [-0.1, -0.05) is 45.4 Å². The van der Waals surface area contributed by atoms with Gasteiger partial charge in [-0.05, 0) is 80.1 Å². The number of halogens is 2. The van der Waals surface area contributed by atoms with Crippen LogP contribution in [0.5, 0.6) is 17.2 Å². The molecule has 4 heterocycles. The second kappa shape index (κ2) is 23.4. The van der Waals surface area contributed by atoms with Crippen LogP contribution in [0.3, 0.4) is 0 Å². The molecule has 0 aliphatic carbocycles. The van der Waals surface area contributed by atoms with E-state index in [1.165, 1.54) is 69.3 Å². The maximum absolute atomic E-state index is 14.3. The number of aliphatic hydroxyl groups is 1. The number of carbonyl (C=O) groups is 2. The maximum Gasteiger partial charge on any atom is 0.407 e. The molecule has 388 valence electrons. The summed E-state index contributed by atoms with van der Waals surface area (Å²) < 4.78 is 94.0. The highest BCUT2D eigenvalue weighted by molar-refractivity contribution is 7.89. The van der Waals surface area contributed by atoms with Crippen molar-refractivity contribution >= 4 is 27.5 Å². The van der Waals surface area contributed by atoms with Gasteiger partial charge in [0.1, 0.15) is 41.4 Å². The number of benzene rings is 3. The standard InChI is InChI=1S/C51H61F2N5O13S/c1-6-7-22-68-47-45-49(62)56(19-20-57(45)29-39(46(47)60)48(61)54-27-34-10-11-35(52)26-41(34)53)21-24-67-37-12-8-33(9-13-37)25-42(55-50(63)71-44-31-70-51(4)40(44)18-23-69-51)43(59)30-58(28-32(2)3)72(64,65)38-16-14-36(66-5)15-17-38/h8-17,19-20,26,29,32,40,42-44,59H,6-7,18,21-25,27-28,30-31H2,1-5H3,(H,54,61)(H,55,63)/t40-,42-,43+,44-,51+/m0/s1. The number of ether oxygens (including phenoxy) is 6. The lowest BCUT2D eigenvalue weighted by Crippen LogP contribution is -2.51. The third-order valence-electron chi connectivity index (χ3n) is 12.6. The highest BCUT2D eigenvalue weighted by Crippen LogP contribution is 2.42. The molecule has 0 unspecified atom stereocenters. The van der Waals surface area contributed by atoms with Gasteiger partial charge >= 0.3 is 6.09 Å². The molecule has 2 saturated heterocycles. The number of fused-ring (bicyclic) bond motifs is 2. The molecule has 0 saturated carbocycles. The van der Waals surface area contributed by atoms with Crippen LogP contribution in [0.4, 0.5) is 13.6 Å². The number of sulfonamides is 1. The van der Waals surface area contributed by atoms with Crippen molar-refractivity contribution in [2.45, 2.75) is 95.4 Å². The number of aliphatic hydroxyl groups excluding tert-OH is 1. The number of rotatable bonds is 23. The van der Waals surface area contributed by atoms with Gasteiger partial charge in [0.15, 0.2) is 17.1 Å². The van der Waals surface area contributed by atoms with E-state index in [0.29, 0.717) is 42.6 Å². The maximum atomic E-state index is 14.3. The first-order valence-corrected chi connectivity index (χ1v) is 25.3. The summed E-state index contributed by atoms with van der Waals surface area (Å²) in [6, 6.07) is 14.6. The lowest BCUT2D eigenvalue weighted by Gasteiger charge is -2.31. The van der Waals surface area contributed by atoms with E-state index < -0.39 is 68.7 Å². The number of unbranched alkanes of at least 4 members (excludes halogenated alkanes) is 1. The second-order valence-corrected chi connectivity index (χ2v) is 20.2. The molecular formula is C51H61F2N5O13S. The first-order valence-electron chi connectivity index (χ1n) is 23.8. The van der Waals surface area contributed by atoms with Crippen molar-refractivity contribution in [1.29, 1.82) is 0 Å². The number of alkyl carbamates (subject to hydrolysis) is 1. The Bertz CT molecular complexity index is 2940. The van der Waals surface area contributed by atoms with Crippen LogP contribution in [0, 0.1) is 23.5 Å². The van der Waals surface area contributed by atoms with Gasteiger partial charge in [-0.15, -0.1) is 0 Å². The van der Waals surface area contributed by atoms with Crippen molar-refractivity contribution in [1.82, 2.24) is 23.9 Å². The molecule has 0 spiro atoms. The Hall–Kier alpha value is -6.39. The third kappa shape index (κ3) is 12.6. The quantitative estimate of drug-likeness (QED) is 0.0697. The summed E-state index contributed by atoms with van der Waals surface area (Å²) >= 11 is 0. The molecule has 2 fully saturated rings. The van der Waals surface area contributed by atoms with Crippen molar-refractivity contribution in [3.63, 3.8) is 0 Å². The van der Waals surface area contributed by atoms with E-state index >= 15 is 0 Å². The zero-order valence-corrected chi connectivity index (χ0v) is 41.6. The van der Waals surface area contributed by atoms with Gasteiger partial charge in [0.25, 0.3) is 11.5 Å². The van der Waals surface area contributed by atoms with Crippen LogP contribution < -0.4 is 35.8 Å². The average molecular weight is 1020 g/mol. The minimum absolute atomic E-state index is 0.00513. The molecule has 5 atom stereocenters. The van der Waals surface area contributed by atoms with Crippen LogP contribution in [0.2, 0.25) is 0 Å². The lowest BCUT2D eigenvalue weighted by atomic mass is 9.96. The van der Waals surface area contributed by atoms with E-state index in [-0.39, 0.29) is 91.5 Å². The summed E-state index contributed by atoms with van der Waals surface area (Å²) in [5, 5.41) is 17.1. The number of pyridine rings is 1. The van der Waals surface area contributed by atoms with E-state index in [1.807, 2.05) is 20.8 Å². The van der Waals surface area contributed by atoms with Crippen molar-refractivity contribution in [3.05, 3.63) is 134 Å². The molecule has 2 aliphatic rings. The van der Waals surface area contributed by atoms with Crippen molar-refractivity contribution in [2.75, 3.05) is 46.6 Å². The molecule has 21 heteroatoms. The molecule has 2 amide bonds. The van der Waals surface area contributed by atoms with E-state index in [0.717, 1.165) is 12.5 Å². The number of nitrogens with one attached hydrogen (secondary N) is 2. The summed E-state index contributed by atoms with van der Waals surface area (Å²) in [6.07, 6.45) is 3.30. The topological polar surface area (TPSA) is 215 Å². The van der Waals surface area contributed by atoms with Crippen molar-refractivity contribution in [3.8, 4) is 17.2 Å². The Labute approximate surface area is 415 Å². The highest BCUT2D eigenvalue weighted by Gasteiger charge is 2.53. The first-order chi connectivity index (χ1) is 34.4. The number of hydrogen-bond acceptors (Lipinski definition) is 13. The Kier molecular flexibility index (Phi) is 17.4. The van der Waals surface area contributed by atoms with E-state index in [9.17, 15) is 41.5 Å². The summed E-state index contributed by atoms with van der Waals surface area (Å²) in [6.45, 7) is 7.56. The molecule has 7 rings (SSSR count). The summed E-state index contributed by atoms with van der Waals surface area (Å²) in [7, 11) is -2.63. The van der Waals surface area contributed by atoms with Crippen LogP contribution in [-0.2, 0) is 43.7 Å². The van der Waals surface area contributed by atoms with E-state index in [2.05, 4.69) is 10.6 Å². The van der Waals surface area contributed by atoms with Crippen LogP contribution in [0.15, 0.2) is 99.8 Å². The molecule has 0 radical (unpaired) electrons. The molecule has 72 heavy (non-hydrogen) atoms. The molecule has 2 aliphatic heterocycles. The summed E-state index contributed by atoms with van der Waals surface area (Å²) in [4.78, 5) is 54.5. The minimum atomic E-state index is -4.11. The monoisotopic (exact) mass is 1020 g/mol. The predicted octanol–water partition coefficient (Wildman–Crippen LogP) is 5.43. The van der Waals surface area contributed by atoms with Gasteiger partial charge in [0.2, 0.25) is 15.5 Å². The van der Waals surface area contributed by atoms with Gasteiger partial charge in [0, 0.05) is 49.9 Å². The van der Waals surface area contributed by atoms with Gasteiger partial charge in [-0.25, -0.2) is 22.0 Å². The zero-order valence-electron chi connectivity index (χ0n) is 40.8. The molecule has 18 nitrogen and oxygen atoms in total. The normalized spacial score (nSPS) is 18.5. The fourth-order valence-corrected chi connectivity index (χ4v) is 10.3. The molecule has 3 aromatic carbocycles. The SMILES string of the molecule is CCCCOc1c(=O)c(C(=O)NCc2ccc(F)cc2F)cn2ccn(CCOc3ccc(C[C@H](NC(=O)O[C@H]4CO[C@@]5(C)OCC[C@@H]45)[C@H](O)CN(CC(C)C)S(=O)(=O)c4ccc(OC)cc4)cc3)c(=O)c12. The smallest absolute Gasteiger partial charge is 0.407 e. The number of methoxy groups -OCH3 is 1. The summed E-state index contributed by atoms with van der Waals surface area (Å²) in [5.74, 6) is -3.09. The van der Waals surface area contributed by atoms with Gasteiger partial charge in [-0.2, -0.15) is 4.31 Å². The average Bonchev–Trinajstić information content (AvgIpc) is 3.88. The number of carbonyl (C=O) groups excluding carboxylic acids is 2. The number of hydrogen-bond donors (Lipinski definition) is 3. The summed E-state index contributed by atoms with van der Waals surface area (Å²) in [5.41, 5.74) is -1.22. The van der Waals surface area contributed by atoms with Gasteiger partial charge in [-0.3, -0.25) is 14.4 Å². The first kappa shape index (κ1) is 53.4. The molecule has 0 bridgehead atoms. The molecular weight excluding hydrogens is 961 g/mol. The fraction of sp³-hybridized carbons (Fsp3) is 0.451. The number of nitrogens with zero attached hydrogens (tertiary/aromatic N) is 3. The van der Waals surface area contributed by atoms with E-state index in [4.69, 9.17) is 28.4 Å². The number of aromatic nitrogens is 2. The Morgan fingerprint density at radius 1 is 0.972 bits per heavy atom. The Morgan fingerprint density at radius 3 is 2.40 bits per heavy atom. The number of amides is 2. The van der Waals surface area contributed by atoms with Crippen LogP contribution >= 0.6 is 0 Å². The van der Waals surface area contributed by atoms with Crippen molar-refractivity contribution in [2.24, 2.45) is 11.8 Å². The van der Waals surface area contributed by atoms with Crippen LogP contribution in [0.25, 0.3) is 5.52 Å². The van der Waals surface area contributed by atoms with Crippen LogP contribution in [0.1, 0.15) is 68.4 Å². The minimum Gasteiger partial charge on any atom is -0.497 e. The largest absolute Gasteiger partial charge is 0.497 e. The Balaban J connectivity index is 1.05. The highest BCUT2D eigenvalue weighted by atomic mass is 32.2. The molecule has 2 aromatic heterocycles. The van der Waals surface area contributed by atoms with Gasteiger partial charge in [0.05, 0.1) is 56.4 Å². The zero-order chi connectivity index (χ0) is 51.7.